The summed E-state index contributed by atoms with van der Waals surface area (Å²) in [6.45, 7) is 13.4. The fourth-order valence-electron chi connectivity index (χ4n) is 5.51. The number of amides is 2. The molecule has 3 aromatic carbocycles. The first kappa shape index (κ1) is 28.5. The quantitative estimate of drug-likeness (QED) is 0.225. The Kier molecular flexibility index (Phi) is 8.57. The maximum atomic E-state index is 13.5. The third-order valence-electron chi connectivity index (χ3n) is 7.78. The van der Waals surface area contributed by atoms with Crippen molar-refractivity contribution in [1.29, 1.82) is 0 Å². The lowest BCUT2D eigenvalue weighted by Crippen LogP contribution is -2.66. The van der Waals surface area contributed by atoms with Crippen molar-refractivity contribution in [3.05, 3.63) is 109 Å². The molecule has 3 aromatic rings. The molecule has 0 aromatic heterocycles. The number of nitrogens with zero attached hydrogens (tertiary/aromatic N) is 1. The van der Waals surface area contributed by atoms with E-state index in [1.165, 1.54) is 15.3 Å². The van der Waals surface area contributed by atoms with E-state index >= 15 is 0 Å². The van der Waals surface area contributed by atoms with Crippen molar-refractivity contribution in [2.45, 2.75) is 51.6 Å². The van der Waals surface area contributed by atoms with Crippen molar-refractivity contribution >= 4 is 30.7 Å². The van der Waals surface area contributed by atoms with Gasteiger partial charge in [-0.1, -0.05) is 125 Å². The van der Waals surface area contributed by atoms with Gasteiger partial charge in [0.1, 0.15) is 12.6 Å². The van der Waals surface area contributed by atoms with Crippen LogP contribution in [0.25, 0.3) is 0 Å². The van der Waals surface area contributed by atoms with Gasteiger partial charge in [-0.2, -0.15) is 0 Å². The topological polar surface area (TPSA) is 55.8 Å². The molecule has 1 aliphatic heterocycles. The van der Waals surface area contributed by atoms with Gasteiger partial charge < -0.3 is 9.16 Å². The molecule has 204 valence electrons. The Morgan fingerprint density at radius 1 is 0.949 bits per heavy atom. The van der Waals surface area contributed by atoms with Crippen LogP contribution in [0.5, 0.6) is 0 Å². The molecule has 0 radical (unpaired) electrons. The highest BCUT2D eigenvalue weighted by Crippen LogP contribution is 2.38. The zero-order valence-corrected chi connectivity index (χ0v) is 24.4. The van der Waals surface area contributed by atoms with E-state index in [2.05, 4.69) is 75.9 Å². The molecule has 0 bridgehead atoms. The minimum atomic E-state index is -2.70. The Morgan fingerprint density at radius 2 is 1.46 bits per heavy atom. The first-order valence-electron chi connectivity index (χ1n) is 13.5. The largest absolute Gasteiger partial charge is 0.446 e. The molecule has 2 amide bonds. The SMILES string of the molecule is C=C[C@](C)(CCO[Si](c1ccccc1)(c1ccccc1)C(C)(C)C)CC(=O)N1C(=O)OC[C@@H]1c1ccccc1. The number of hydrogen-bond acceptors (Lipinski definition) is 4. The van der Waals surface area contributed by atoms with Crippen LogP contribution in [-0.2, 0) is 14.0 Å². The average Bonchev–Trinajstić information content (AvgIpc) is 3.33. The summed E-state index contributed by atoms with van der Waals surface area (Å²) in [6, 6.07) is 30.1. The average molecular weight is 542 g/mol. The third kappa shape index (κ3) is 5.92. The molecule has 0 spiro atoms. The van der Waals surface area contributed by atoms with Gasteiger partial charge in [-0.3, -0.25) is 4.79 Å². The highest BCUT2D eigenvalue weighted by Gasteiger charge is 2.50. The molecule has 1 fully saturated rings. The second-order valence-corrected chi connectivity index (χ2v) is 15.9. The maximum absolute atomic E-state index is 13.5. The number of carbonyl (C=O) groups excluding carboxylic acids is 2. The van der Waals surface area contributed by atoms with Gasteiger partial charge in [0.15, 0.2) is 0 Å². The maximum Gasteiger partial charge on any atom is 0.417 e. The molecule has 2 atom stereocenters. The van der Waals surface area contributed by atoms with Crippen LogP contribution >= 0.6 is 0 Å². The molecule has 1 aliphatic rings. The third-order valence-corrected chi connectivity index (χ3v) is 12.8. The number of hydrogen-bond donors (Lipinski definition) is 0. The number of carbonyl (C=O) groups is 2. The predicted octanol–water partition coefficient (Wildman–Crippen LogP) is 6.26. The van der Waals surface area contributed by atoms with Crippen molar-refractivity contribution in [3.63, 3.8) is 0 Å². The van der Waals surface area contributed by atoms with Gasteiger partial charge in [-0.05, 0) is 32.8 Å². The lowest BCUT2D eigenvalue weighted by molar-refractivity contribution is -0.131. The predicted molar refractivity (Wildman–Crippen MR) is 158 cm³/mol. The first-order valence-corrected chi connectivity index (χ1v) is 15.4. The minimum absolute atomic E-state index is 0.138. The molecular formula is C33H39NO4Si. The molecule has 0 unspecified atom stereocenters. The van der Waals surface area contributed by atoms with Gasteiger partial charge in [0.25, 0.3) is 8.32 Å². The summed E-state index contributed by atoms with van der Waals surface area (Å²) >= 11 is 0. The highest BCUT2D eigenvalue weighted by molar-refractivity contribution is 6.99. The molecule has 6 heteroatoms. The molecule has 0 aliphatic carbocycles. The van der Waals surface area contributed by atoms with Crippen molar-refractivity contribution in [3.8, 4) is 0 Å². The molecule has 39 heavy (non-hydrogen) atoms. The van der Waals surface area contributed by atoms with Crippen LogP contribution in [0.1, 0.15) is 52.1 Å². The summed E-state index contributed by atoms with van der Waals surface area (Å²) in [5.74, 6) is -0.265. The summed E-state index contributed by atoms with van der Waals surface area (Å²) in [4.78, 5) is 27.4. The molecule has 0 saturated carbocycles. The Hall–Kier alpha value is -3.48. The van der Waals surface area contributed by atoms with E-state index < -0.39 is 25.9 Å². The number of rotatable bonds is 10. The fraction of sp³-hybridized carbons (Fsp3) is 0.333. The molecule has 4 rings (SSSR count). The van der Waals surface area contributed by atoms with E-state index in [9.17, 15) is 9.59 Å². The second-order valence-electron chi connectivity index (χ2n) is 11.6. The van der Waals surface area contributed by atoms with Crippen LogP contribution in [0.3, 0.4) is 0 Å². The van der Waals surface area contributed by atoms with Crippen LogP contribution < -0.4 is 10.4 Å². The van der Waals surface area contributed by atoms with Crippen molar-refractivity contribution in [2.24, 2.45) is 5.41 Å². The highest BCUT2D eigenvalue weighted by atomic mass is 28.4. The van der Waals surface area contributed by atoms with Crippen LogP contribution in [-0.4, -0.2) is 38.4 Å². The van der Waals surface area contributed by atoms with Crippen LogP contribution in [0.15, 0.2) is 104 Å². The number of imide groups is 1. The zero-order chi connectivity index (χ0) is 28.1. The number of cyclic esters (lactones) is 1. The number of benzene rings is 3. The fourth-order valence-corrected chi connectivity index (χ4v) is 10.1. The Bertz CT molecular complexity index is 1230. The van der Waals surface area contributed by atoms with E-state index in [-0.39, 0.29) is 24.0 Å². The number of ether oxygens (including phenoxy) is 1. The zero-order valence-electron chi connectivity index (χ0n) is 23.4. The normalized spacial score (nSPS) is 17.4. The molecular weight excluding hydrogens is 502 g/mol. The summed E-state index contributed by atoms with van der Waals surface area (Å²) in [5, 5.41) is 2.29. The molecule has 5 nitrogen and oxygen atoms in total. The van der Waals surface area contributed by atoms with E-state index in [1.54, 1.807) is 0 Å². The van der Waals surface area contributed by atoms with Gasteiger partial charge in [-0.25, -0.2) is 9.69 Å². The summed E-state index contributed by atoms with van der Waals surface area (Å²) < 4.78 is 12.3. The first-order chi connectivity index (χ1) is 18.6. The smallest absolute Gasteiger partial charge is 0.417 e. The Morgan fingerprint density at radius 3 is 1.95 bits per heavy atom. The summed E-state index contributed by atoms with van der Waals surface area (Å²) in [6.07, 6.45) is 1.95. The molecule has 1 heterocycles. The van der Waals surface area contributed by atoms with Gasteiger partial charge in [0.2, 0.25) is 5.91 Å². The van der Waals surface area contributed by atoms with E-state index in [0.29, 0.717) is 13.0 Å². The van der Waals surface area contributed by atoms with Gasteiger partial charge in [0.05, 0.1) is 0 Å². The standard InChI is InChI=1S/C33H39NO4Si/c1-6-33(5,24-30(35)34-29(25-37-31(34)36)26-16-10-7-11-17-26)22-23-38-39(32(2,3)4,27-18-12-8-13-19-27)28-20-14-9-15-21-28/h6-21,29H,1,22-25H2,2-5H3/t29-,33-/m1/s1. The number of allylic oxidation sites excluding steroid dienone is 1. The van der Waals surface area contributed by atoms with E-state index in [1.807, 2.05) is 55.5 Å². The van der Waals surface area contributed by atoms with Gasteiger partial charge in [0, 0.05) is 13.0 Å². The van der Waals surface area contributed by atoms with E-state index in [0.717, 1.165) is 5.56 Å². The molecule has 0 N–H and O–H groups in total. The van der Waals surface area contributed by atoms with Gasteiger partial charge in [-0.15, -0.1) is 6.58 Å². The minimum Gasteiger partial charge on any atom is -0.446 e. The monoisotopic (exact) mass is 541 g/mol. The van der Waals surface area contributed by atoms with Crippen LogP contribution in [0.2, 0.25) is 5.04 Å². The molecule has 1 saturated heterocycles. The van der Waals surface area contributed by atoms with Gasteiger partial charge >= 0.3 is 6.09 Å². The summed E-state index contributed by atoms with van der Waals surface area (Å²) in [5.41, 5.74) is 0.319. The van der Waals surface area contributed by atoms with Crippen molar-refractivity contribution < 1.29 is 18.8 Å². The van der Waals surface area contributed by atoms with Crippen molar-refractivity contribution in [1.82, 2.24) is 4.90 Å². The van der Waals surface area contributed by atoms with Crippen LogP contribution in [0.4, 0.5) is 4.79 Å². The Labute approximate surface area is 233 Å². The van der Waals surface area contributed by atoms with Crippen molar-refractivity contribution in [2.75, 3.05) is 13.2 Å². The van der Waals surface area contributed by atoms with Crippen LogP contribution in [0, 0.1) is 5.41 Å². The second kappa shape index (κ2) is 11.7. The Balaban J connectivity index is 1.56. The lowest BCUT2D eigenvalue weighted by atomic mass is 9.83. The van der Waals surface area contributed by atoms with E-state index in [4.69, 9.17) is 9.16 Å². The lowest BCUT2D eigenvalue weighted by Gasteiger charge is -2.43. The summed E-state index contributed by atoms with van der Waals surface area (Å²) in [7, 11) is -2.70.